The molecule has 2 aromatic carbocycles. The second-order valence-electron chi connectivity index (χ2n) is 5.08. The zero-order valence-corrected chi connectivity index (χ0v) is 12.5. The van der Waals surface area contributed by atoms with Crippen molar-refractivity contribution in [1.29, 1.82) is 0 Å². The predicted molar refractivity (Wildman–Crippen MR) is 85.3 cm³/mol. The minimum absolute atomic E-state index is 0.156. The lowest BCUT2D eigenvalue weighted by atomic mass is 10.0. The summed E-state index contributed by atoms with van der Waals surface area (Å²) < 4.78 is 14.8. The summed E-state index contributed by atoms with van der Waals surface area (Å²) in [5.41, 5.74) is 2.48. The lowest BCUT2D eigenvalue weighted by molar-refractivity contribution is 0.0696. The molecular formula is C18H15FN2O2. The molecule has 23 heavy (non-hydrogen) atoms. The van der Waals surface area contributed by atoms with Gasteiger partial charge in [0.15, 0.2) is 0 Å². The molecule has 0 saturated heterocycles. The van der Waals surface area contributed by atoms with Gasteiger partial charge in [0.2, 0.25) is 0 Å². The van der Waals surface area contributed by atoms with Crippen molar-refractivity contribution >= 4 is 5.97 Å². The molecule has 1 aromatic heterocycles. The lowest BCUT2D eigenvalue weighted by Crippen LogP contribution is -2.05. The van der Waals surface area contributed by atoms with Crippen LogP contribution < -0.4 is 0 Å². The van der Waals surface area contributed by atoms with E-state index in [4.69, 9.17) is 0 Å². The average Bonchev–Trinajstić information content (AvgIpc) is 2.96. The van der Waals surface area contributed by atoms with Gasteiger partial charge < -0.3 is 5.11 Å². The molecule has 0 aliphatic carbocycles. The number of para-hydroxylation sites is 1. The van der Waals surface area contributed by atoms with Gasteiger partial charge in [-0.15, -0.1) is 0 Å². The van der Waals surface area contributed by atoms with Crippen molar-refractivity contribution in [2.45, 2.75) is 13.3 Å². The van der Waals surface area contributed by atoms with Crippen LogP contribution >= 0.6 is 0 Å². The normalized spacial score (nSPS) is 10.7. The molecule has 1 N–H and O–H groups in total. The van der Waals surface area contributed by atoms with Crippen LogP contribution in [-0.4, -0.2) is 20.9 Å². The van der Waals surface area contributed by atoms with E-state index in [2.05, 4.69) is 5.10 Å². The highest BCUT2D eigenvalue weighted by Crippen LogP contribution is 2.28. The molecular weight excluding hydrogens is 295 g/mol. The van der Waals surface area contributed by atoms with E-state index < -0.39 is 5.97 Å². The number of aromatic carboxylic acids is 1. The van der Waals surface area contributed by atoms with Gasteiger partial charge in [0.25, 0.3) is 0 Å². The molecule has 0 atom stereocenters. The van der Waals surface area contributed by atoms with Crippen LogP contribution in [0.15, 0.2) is 54.6 Å². The first-order valence-corrected chi connectivity index (χ1v) is 7.28. The Balaban J connectivity index is 2.26. The third kappa shape index (κ3) is 2.73. The van der Waals surface area contributed by atoms with E-state index in [1.165, 1.54) is 12.1 Å². The molecule has 0 bridgehead atoms. The molecule has 0 aliphatic heterocycles. The SMILES string of the molecule is CCc1c(C(=O)O)c(-c2ccc(F)cc2)nn1-c1ccccc1. The van der Waals surface area contributed by atoms with Crippen LogP contribution in [0.25, 0.3) is 16.9 Å². The van der Waals surface area contributed by atoms with Gasteiger partial charge >= 0.3 is 5.97 Å². The molecule has 3 rings (SSSR count). The Hall–Kier alpha value is -2.95. The lowest BCUT2D eigenvalue weighted by Gasteiger charge is -2.05. The Morgan fingerprint density at radius 3 is 2.35 bits per heavy atom. The number of carboxylic acid groups (broad SMARTS) is 1. The number of hydrogen-bond donors (Lipinski definition) is 1. The van der Waals surface area contributed by atoms with Gasteiger partial charge in [-0.1, -0.05) is 25.1 Å². The fourth-order valence-electron chi connectivity index (χ4n) is 2.60. The maximum atomic E-state index is 13.1. The van der Waals surface area contributed by atoms with E-state index in [0.29, 0.717) is 23.4 Å². The summed E-state index contributed by atoms with van der Waals surface area (Å²) in [6.45, 7) is 1.89. The van der Waals surface area contributed by atoms with Crippen LogP contribution in [0.3, 0.4) is 0 Å². The third-order valence-electron chi connectivity index (χ3n) is 3.65. The van der Waals surface area contributed by atoms with Gasteiger partial charge in [-0.2, -0.15) is 5.10 Å². The fourth-order valence-corrected chi connectivity index (χ4v) is 2.60. The Morgan fingerprint density at radius 1 is 1.13 bits per heavy atom. The Labute approximate surface area is 132 Å². The van der Waals surface area contributed by atoms with Gasteiger partial charge in [-0.25, -0.2) is 13.9 Å². The van der Waals surface area contributed by atoms with Crippen molar-refractivity contribution in [2.75, 3.05) is 0 Å². The minimum atomic E-state index is -1.04. The van der Waals surface area contributed by atoms with E-state index in [-0.39, 0.29) is 11.4 Å². The second-order valence-corrected chi connectivity index (χ2v) is 5.08. The minimum Gasteiger partial charge on any atom is -0.478 e. The third-order valence-corrected chi connectivity index (χ3v) is 3.65. The zero-order chi connectivity index (χ0) is 16.4. The molecule has 0 fully saturated rings. The van der Waals surface area contributed by atoms with Gasteiger partial charge in [-0.05, 0) is 42.8 Å². The number of carbonyl (C=O) groups is 1. The molecule has 0 aliphatic rings. The number of rotatable bonds is 4. The summed E-state index contributed by atoms with van der Waals surface area (Å²) >= 11 is 0. The van der Waals surface area contributed by atoms with Crippen molar-refractivity contribution in [3.63, 3.8) is 0 Å². The van der Waals surface area contributed by atoms with Gasteiger partial charge in [-0.3, -0.25) is 0 Å². The van der Waals surface area contributed by atoms with Gasteiger partial charge in [0.05, 0.1) is 11.4 Å². The highest BCUT2D eigenvalue weighted by Gasteiger charge is 2.24. The first-order valence-electron chi connectivity index (χ1n) is 7.28. The molecule has 4 nitrogen and oxygen atoms in total. The second kappa shape index (κ2) is 6.04. The Bertz CT molecular complexity index is 839. The quantitative estimate of drug-likeness (QED) is 0.794. The number of benzene rings is 2. The fraction of sp³-hybridized carbons (Fsp3) is 0.111. The summed E-state index contributed by atoms with van der Waals surface area (Å²) in [5, 5.41) is 14.1. The Kier molecular flexibility index (Phi) is 3.93. The van der Waals surface area contributed by atoms with Crippen LogP contribution in [0.5, 0.6) is 0 Å². The number of halogens is 1. The summed E-state index contributed by atoms with van der Waals surface area (Å²) in [4.78, 5) is 11.8. The van der Waals surface area contributed by atoms with Gasteiger partial charge in [0, 0.05) is 5.56 Å². The number of hydrogen-bond acceptors (Lipinski definition) is 2. The van der Waals surface area contributed by atoms with E-state index >= 15 is 0 Å². The molecule has 0 unspecified atom stereocenters. The van der Waals surface area contributed by atoms with Crippen LogP contribution in [0.1, 0.15) is 23.0 Å². The van der Waals surface area contributed by atoms with E-state index in [1.54, 1.807) is 16.8 Å². The maximum absolute atomic E-state index is 13.1. The smallest absolute Gasteiger partial charge is 0.339 e. The number of carboxylic acids is 1. The highest BCUT2D eigenvalue weighted by molar-refractivity contribution is 5.96. The molecule has 0 saturated carbocycles. The monoisotopic (exact) mass is 310 g/mol. The highest BCUT2D eigenvalue weighted by atomic mass is 19.1. The maximum Gasteiger partial charge on any atom is 0.339 e. The first-order chi connectivity index (χ1) is 11.1. The van der Waals surface area contributed by atoms with Crippen molar-refractivity contribution in [2.24, 2.45) is 0 Å². The van der Waals surface area contributed by atoms with Gasteiger partial charge in [0.1, 0.15) is 17.1 Å². The number of nitrogens with zero attached hydrogens (tertiary/aromatic N) is 2. The topological polar surface area (TPSA) is 55.1 Å². The molecule has 3 aromatic rings. The standard InChI is InChI=1S/C18H15FN2O2/c1-2-15-16(18(22)23)17(12-8-10-13(19)11-9-12)20-21(15)14-6-4-3-5-7-14/h3-11H,2H2,1H3,(H,22,23). The van der Waals surface area contributed by atoms with E-state index in [0.717, 1.165) is 5.69 Å². The van der Waals surface area contributed by atoms with Crippen LogP contribution in [0, 0.1) is 5.82 Å². The first kappa shape index (κ1) is 15.0. The number of aromatic nitrogens is 2. The van der Waals surface area contributed by atoms with Crippen LogP contribution in [0.4, 0.5) is 4.39 Å². The van der Waals surface area contributed by atoms with Crippen molar-refractivity contribution < 1.29 is 14.3 Å². The van der Waals surface area contributed by atoms with Crippen molar-refractivity contribution in [3.8, 4) is 16.9 Å². The Morgan fingerprint density at radius 2 is 1.78 bits per heavy atom. The zero-order valence-electron chi connectivity index (χ0n) is 12.5. The molecule has 0 spiro atoms. The van der Waals surface area contributed by atoms with Crippen LogP contribution in [-0.2, 0) is 6.42 Å². The summed E-state index contributed by atoms with van der Waals surface area (Å²) in [6.07, 6.45) is 0.519. The molecule has 0 radical (unpaired) electrons. The van der Waals surface area contributed by atoms with Crippen molar-refractivity contribution in [3.05, 3.63) is 71.7 Å². The van der Waals surface area contributed by atoms with Crippen molar-refractivity contribution in [1.82, 2.24) is 9.78 Å². The molecule has 5 heteroatoms. The molecule has 1 heterocycles. The summed E-state index contributed by atoms with van der Waals surface area (Å²) in [7, 11) is 0. The average molecular weight is 310 g/mol. The summed E-state index contributed by atoms with van der Waals surface area (Å²) in [5.74, 6) is -1.41. The van der Waals surface area contributed by atoms with E-state index in [1.807, 2.05) is 37.3 Å². The van der Waals surface area contributed by atoms with E-state index in [9.17, 15) is 14.3 Å². The molecule has 116 valence electrons. The summed E-state index contributed by atoms with van der Waals surface area (Å²) in [6, 6.07) is 15.0. The van der Waals surface area contributed by atoms with Crippen LogP contribution in [0.2, 0.25) is 0 Å². The predicted octanol–water partition coefficient (Wildman–Crippen LogP) is 3.94. The molecule has 0 amide bonds. The largest absolute Gasteiger partial charge is 0.478 e.